The minimum atomic E-state index is 0.957. The van der Waals surface area contributed by atoms with Crippen molar-refractivity contribution in [1.29, 1.82) is 0 Å². The Morgan fingerprint density at radius 2 is 0.952 bits per heavy atom. The van der Waals surface area contributed by atoms with Crippen molar-refractivity contribution < 1.29 is 0 Å². The fraction of sp³-hybridized carbons (Fsp3) is 0.952. The molecule has 0 saturated heterocycles. The maximum Gasteiger partial charge on any atom is -0.0443 e. The van der Waals surface area contributed by atoms with Gasteiger partial charge in [-0.2, -0.15) is 0 Å². The molecule has 0 aliphatic rings. The summed E-state index contributed by atoms with van der Waals surface area (Å²) >= 11 is 0. The first-order chi connectivity index (χ1) is 10.3. The van der Waals surface area contributed by atoms with E-state index in [1.807, 2.05) is 0 Å². The molecule has 0 aromatic rings. The Labute approximate surface area is 136 Å². The molecule has 21 heavy (non-hydrogen) atoms. The third-order valence-electron chi connectivity index (χ3n) is 4.75. The molecule has 0 nitrogen and oxygen atoms in total. The van der Waals surface area contributed by atoms with Crippen LogP contribution in [-0.4, -0.2) is 0 Å². The summed E-state index contributed by atoms with van der Waals surface area (Å²) in [5.74, 6) is 0.957. The van der Waals surface area contributed by atoms with Gasteiger partial charge in [0.25, 0.3) is 0 Å². The molecule has 0 amide bonds. The van der Waals surface area contributed by atoms with Gasteiger partial charge in [0.1, 0.15) is 0 Å². The van der Waals surface area contributed by atoms with E-state index in [-0.39, 0.29) is 0 Å². The van der Waals surface area contributed by atoms with Gasteiger partial charge in [0.2, 0.25) is 0 Å². The highest BCUT2D eigenvalue weighted by molar-refractivity contribution is 4.56. The second-order valence-corrected chi connectivity index (χ2v) is 7.13. The lowest BCUT2D eigenvalue weighted by Crippen LogP contribution is -1.95. The molecule has 0 saturated carbocycles. The summed E-state index contributed by atoms with van der Waals surface area (Å²) in [6.07, 6.45) is 24.2. The van der Waals surface area contributed by atoms with Gasteiger partial charge in [-0.1, -0.05) is 130 Å². The van der Waals surface area contributed by atoms with Crippen LogP contribution in [0.3, 0.4) is 0 Å². The molecule has 0 aromatic carbocycles. The fourth-order valence-corrected chi connectivity index (χ4v) is 3.15. The molecule has 0 aliphatic heterocycles. The van der Waals surface area contributed by atoms with E-state index >= 15 is 0 Å². The van der Waals surface area contributed by atoms with Crippen LogP contribution >= 0.6 is 0 Å². The average Bonchev–Trinajstić information content (AvgIpc) is 2.49. The molecule has 0 aliphatic carbocycles. The van der Waals surface area contributed by atoms with Gasteiger partial charge >= 0.3 is 0 Å². The fourth-order valence-electron chi connectivity index (χ4n) is 3.15. The van der Waals surface area contributed by atoms with Crippen LogP contribution in [0.1, 0.15) is 123 Å². The first-order valence-electron chi connectivity index (χ1n) is 10.1. The number of hydrogen-bond donors (Lipinski definition) is 0. The van der Waals surface area contributed by atoms with Gasteiger partial charge in [0.15, 0.2) is 0 Å². The van der Waals surface area contributed by atoms with E-state index < -0.39 is 0 Å². The number of unbranched alkanes of at least 4 members (excludes halogenated alkanes) is 13. The quantitative estimate of drug-likeness (QED) is 0.238. The van der Waals surface area contributed by atoms with Crippen molar-refractivity contribution in [3.05, 3.63) is 6.92 Å². The van der Waals surface area contributed by atoms with Gasteiger partial charge in [-0.3, -0.25) is 0 Å². The third-order valence-corrected chi connectivity index (χ3v) is 4.75. The lowest BCUT2D eigenvalue weighted by atomic mass is 9.96. The Kier molecular flexibility index (Phi) is 18.1. The van der Waals surface area contributed by atoms with Crippen LogP contribution in [0.2, 0.25) is 0 Å². The third kappa shape index (κ3) is 18.0. The molecule has 0 fully saturated rings. The van der Waals surface area contributed by atoms with E-state index in [0.717, 1.165) is 12.3 Å². The van der Waals surface area contributed by atoms with E-state index in [0.29, 0.717) is 0 Å². The number of hydrogen-bond acceptors (Lipinski definition) is 0. The number of rotatable bonds is 17. The Morgan fingerprint density at radius 1 is 0.571 bits per heavy atom. The van der Waals surface area contributed by atoms with E-state index in [1.54, 1.807) is 0 Å². The zero-order chi connectivity index (χ0) is 15.6. The molecule has 0 heterocycles. The van der Waals surface area contributed by atoms with Gasteiger partial charge in [-0.05, 0) is 5.92 Å². The highest BCUT2D eigenvalue weighted by Gasteiger charge is 2.02. The van der Waals surface area contributed by atoms with E-state index in [1.165, 1.54) is 103 Å². The second kappa shape index (κ2) is 18.1. The summed E-state index contributed by atoms with van der Waals surface area (Å²) in [6.45, 7) is 8.66. The van der Waals surface area contributed by atoms with Crippen molar-refractivity contribution in [3.63, 3.8) is 0 Å². The molecule has 1 radical (unpaired) electrons. The second-order valence-electron chi connectivity index (χ2n) is 7.13. The Morgan fingerprint density at radius 3 is 1.38 bits per heavy atom. The van der Waals surface area contributed by atoms with E-state index in [2.05, 4.69) is 20.8 Å². The smallest absolute Gasteiger partial charge is 0.0443 e. The van der Waals surface area contributed by atoms with Crippen LogP contribution in [0, 0.1) is 12.8 Å². The molecule has 0 N–H and O–H groups in total. The lowest BCUT2D eigenvalue weighted by molar-refractivity contribution is 0.432. The predicted octanol–water partition coefficient (Wildman–Crippen LogP) is 8.11. The van der Waals surface area contributed by atoms with Crippen LogP contribution < -0.4 is 0 Å². The minimum absolute atomic E-state index is 0.957. The summed E-state index contributed by atoms with van der Waals surface area (Å²) in [5.41, 5.74) is 0. The summed E-state index contributed by atoms with van der Waals surface area (Å²) in [6, 6.07) is 0. The van der Waals surface area contributed by atoms with Crippen LogP contribution in [0.25, 0.3) is 0 Å². The molecule has 0 heteroatoms. The van der Waals surface area contributed by atoms with Gasteiger partial charge in [0, 0.05) is 0 Å². The first-order valence-corrected chi connectivity index (χ1v) is 10.1. The molecule has 0 aromatic heterocycles. The van der Waals surface area contributed by atoms with Crippen molar-refractivity contribution >= 4 is 0 Å². The summed E-state index contributed by atoms with van der Waals surface area (Å²) in [5, 5.41) is 0. The largest absolute Gasteiger partial charge is 0.0654 e. The zero-order valence-corrected chi connectivity index (χ0v) is 15.3. The lowest BCUT2D eigenvalue weighted by Gasteiger charge is -2.11. The van der Waals surface area contributed by atoms with Gasteiger partial charge < -0.3 is 0 Å². The normalized spacial score (nSPS) is 12.7. The molecule has 0 spiro atoms. The Bertz CT molecular complexity index is 173. The Hall–Kier alpha value is 0. The average molecular weight is 296 g/mol. The zero-order valence-electron chi connectivity index (χ0n) is 15.3. The van der Waals surface area contributed by atoms with Crippen molar-refractivity contribution in [2.45, 2.75) is 123 Å². The molecule has 1 unspecified atom stereocenters. The molecule has 1 atom stereocenters. The summed E-state index contributed by atoms with van der Waals surface area (Å²) in [7, 11) is 0. The molecule has 127 valence electrons. The summed E-state index contributed by atoms with van der Waals surface area (Å²) in [4.78, 5) is 0. The summed E-state index contributed by atoms with van der Waals surface area (Å²) < 4.78 is 0. The van der Waals surface area contributed by atoms with E-state index in [4.69, 9.17) is 0 Å². The molecular weight excluding hydrogens is 252 g/mol. The van der Waals surface area contributed by atoms with Crippen molar-refractivity contribution in [2.75, 3.05) is 0 Å². The van der Waals surface area contributed by atoms with Crippen LogP contribution in [0.5, 0.6) is 0 Å². The highest BCUT2D eigenvalue weighted by atomic mass is 14.1. The van der Waals surface area contributed by atoms with E-state index in [9.17, 15) is 0 Å². The van der Waals surface area contributed by atoms with Crippen LogP contribution in [-0.2, 0) is 0 Å². The maximum absolute atomic E-state index is 3.91. The first kappa shape index (κ1) is 21.0. The maximum atomic E-state index is 3.91. The molecule has 0 bridgehead atoms. The topological polar surface area (TPSA) is 0 Å². The SMILES string of the molecule is [CH2]CCCCCCC(C)CCCCCCCCCCCC. The van der Waals surface area contributed by atoms with Crippen LogP contribution in [0.4, 0.5) is 0 Å². The highest BCUT2D eigenvalue weighted by Crippen LogP contribution is 2.18. The predicted molar refractivity (Wildman–Crippen MR) is 98.7 cm³/mol. The Balaban J connectivity index is 3.09. The molecular formula is C21H43. The van der Waals surface area contributed by atoms with Crippen molar-refractivity contribution in [1.82, 2.24) is 0 Å². The molecule has 0 rings (SSSR count). The monoisotopic (exact) mass is 295 g/mol. The van der Waals surface area contributed by atoms with Crippen LogP contribution in [0.15, 0.2) is 0 Å². The van der Waals surface area contributed by atoms with Gasteiger partial charge in [0.05, 0.1) is 0 Å². The van der Waals surface area contributed by atoms with Crippen molar-refractivity contribution in [2.24, 2.45) is 5.92 Å². The minimum Gasteiger partial charge on any atom is -0.0654 e. The van der Waals surface area contributed by atoms with Gasteiger partial charge in [-0.15, -0.1) is 0 Å². The standard InChI is InChI=1S/C21H43/c1-4-6-8-10-11-12-13-14-16-18-20-21(3)19-17-15-9-7-5-2/h21H,2,4-20H2,1,3H3. The van der Waals surface area contributed by atoms with Crippen molar-refractivity contribution in [3.8, 4) is 0 Å². The van der Waals surface area contributed by atoms with Gasteiger partial charge in [-0.25, -0.2) is 0 Å².